The van der Waals surface area contributed by atoms with Crippen LogP contribution in [0.2, 0.25) is 0 Å². The van der Waals surface area contributed by atoms with Crippen molar-refractivity contribution in [1.29, 1.82) is 0 Å². The van der Waals surface area contributed by atoms with Crippen LogP contribution in [0.15, 0.2) is 89.2 Å². The molecule has 0 amide bonds. The van der Waals surface area contributed by atoms with Crippen LogP contribution in [0.1, 0.15) is 64.5 Å². The smallest absolute Gasteiger partial charge is 0.162 e. The van der Waals surface area contributed by atoms with E-state index in [2.05, 4.69) is 71.7 Å². The second-order valence-electron chi connectivity index (χ2n) is 11.6. The van der Waals surface area contributed by atoms with E-state index in [0.29, 0.717) is 0 Å². The third-order valence-corrected chi connectivity index (χ3v) is 9.03. The van der Waals surface area contributed by atoms with Gasteiger partial charge in [-0.3, -0.25) is 4.79 Å². The summed E-state index contributed by atoms with van der Waals surface area (Å²) >= 11 is 0. The van der Waals surface area contributed by atoms with Gasteiger partial charge in [-0.2, -0.15) is 0 Å². The van der Waals surface area contributed by atoms with Gasteiger partial charge in [0.05, 0.1) is 5.76 Å². The SMILES string of the molecule is CCC(CC)C(=O)/C=C(\O)C(CC)CC.[Ir].[c-]1cc2ccccc2cc1-c1nccc2c1oc1c3c4c(cccc4cc12)C=C3. The van der Waals surface area contributed by atoms with Crippen molar-refractivity contribution in [2.45, 2.75) is 53.4 Å². The minimum Gasteiger partial charge on any atom is -0.512 e. The summed E-state index contributed by atoms with van der Waals surface area (Å²) in [6.45, 7) is 8.07. The number of ketones is 1. The Labute approximate surface area is 278 Å². The molecule has 0 saturated heterocycles. The molecule has 0 saturated carbocycles. The van der Waals surface area contributed by atoms with Gasteiger partial charge in [0.1, 0.15) is 11.2 Å². The monoisotopic (exact) mass is 773 g/mol. The second kappa shape index (κ2) is 13.9. The van der Waals surface area contributed by atoms with Crippen LogP contribution in [0.3, 0.4) is 0 Å². The fourth-order valence-electron chi connectivity index (χ4n) is 6.38. The molecule has 1 aliphatic rings. The number of aliphatic hydroxyl groups excluding tert-OH is 1. The van der Waals surface area contributed by atoms with E-state index in [4.69, 9.17) is 4.42 Å². The van der Waals surface area contributed by atoms with Crippen molar-refractivity contribution >= 4 is 61.4 Å². The molecule has 231 valence electrons. The number of carbonyl (C=O) groups excluding carboxylic acids is 1. The fraction of sp³-hybridized carbons (Fsp3) is 0.250. The summed E-state index contributed by atoms with van der Waals surface area (Å²) in [5, 5.41) is 16.8. The maximum absolute atomic E-state index is 11.7. The Kier molecular flexibility index (Phi) is 10.0. The molecule has 2 heterocycles. The third kappa shape index (κ3) is 6.12. The van der Waals surface area contributed by atoms with Crippen LogP contribution in [0.5, 0.6) is 0 Å². The zero-order valence-corrected chi connectivity index (χ0v) is 28.6. The topological polar surface area (TPSA) is 63.3 Å². The molecule has 5 heteroatoms. The first kappa shape index (κ1) is 32.3. The second-order valence-corrected chi connectivity index (χ2v) is 11.6. The van der Waals surface area contributed by atoms with Gasteiger partial charge in [-0.15, -0.1) is 29.1 Å². The van der Waals surface area contributed by atoms with Gasteiger partial charge in [0.15, 0.2) is 5.78 Å². The number of carbonyl (C=O) groups is 1. The molecule has 6 aromatic rings. The molecule has 4 aromatic carbocycles. The number of aliphatic hydroxyl groups is 1. The van der Waals surface area contributed by atoms with Crippen molar-refractivity contribution in [2.75, 3.05) is 0 Å². The van der Waals surface area contributed by atoms with E-state index < -0.39 is 0 Å². The number of benzene rings is 4. The summed E-state index contributed by atoms with van der Waals surface area (Å²) in [7, 11) is 0. The maximum atomic E-state index is 11.7. The van der Waals surface area contributed by atoms with E-state index in [9.17, 15) is 9.90 Å². The number of pyridine rings is 1. The van der Waals surface area contributed by atoms with Crippen molar-refractivity contribution in [3.8, 4) is 11.3 Å². The standard InChI is InChI=1S/C27H14NO.C13H24O2.Ir/c1-2-5-18-14-20(9-8-16(18)4-1)25-27-21(12-13-28-25)23-15-19-7-3-6-17-10-11-22(24(17)19)26(23)29-27;1-5-10(6-2)12(14)9-13(15)11(7-3)8-4;/h1-8,10-15H;9-11,14H,5-8H2,1-4H3;/q-1;;/b;12-9-;. The van der Waals surface area contributed by atoms with Crippen molar-refractivity contribution < 1.29 is 34.4 Å². The van der Waals surface area contributed by atoms with E-state index in [1.165, 1.54) is 33.2 Å². The number of furan rings is 1. The Hall–Kier alpha value is -4.05. The van der Waals surface area contributed by atoms with Gasteiger partial charge >= 0.3 is 0 Å². The molecular weight excluding hydrogens is 735 g/mol. The molecule has 0 bridgehead atoms. The molecule has 1 N–H and O–H groups in total. The summed E-state index contributed by atoms with van der Waals surface area (Å²) in [5.41, 5.74) is 5.96. The Balaban J connectivity index is 0.000000217. The van der Waals surface area contributed by atoms with E-state index in [1.807, 2.05) is 52.1 Å². The summed E-state index contributed by atoms with van der Waals surface area (Å²) in [5.74, 6) is 0.547. The minimum atomic E-state index is 0. The number of rotatable bonds is 8. The molecular formula is C40H38IrNO3-. The van der Waals surface area contributed by atoms with Gasteiger partial charge in [-0.25, -0.2) is 0 Å². The zero-order valence-electron chi connectivity index (χ0n) is 26.2. The normalized spacial score (nSPS) is 12.4. The fourth-order valence-corrected chi connectivity index (χ4v) is 6.38. The van der Waals surface area contributed by atoms with Gasteiger partial charge in [0, 0.05) is 66.2 Å². The van der Waals surface area contributed by atoms with Crippen LogP contribution in [-0.2, 0) is 24.9 Å². The van der Waals surface area contributed by atoms with Crippen molar-refractivity contribution in [3.05, 3.63) is 102 Å². The molecule has 45 heavy (non-hydrogen) atoms. The molecule has 7 rings (SSSR count). The van der Waals surface area contributed by atoms with Gasteiger partial charge in [0.25, 0.3) is 0 Å². The molecule has 0 fully saturated rings. The van der Waals surface area contributed by atoms with E-state index in [1.54, 1.807) is 0 Å². The first-order valence-corrected chi connectivity index (χ1v) is 15.8. The molecule has 0 atom stereocenters. The molecule has 0 unspecified atom stereocenters. The number of nitrogens with zero attached hydrogens (tertiary/aromatic N) is 1. The quantitative estimate of drug-likeness (QED) is 0.0949. The summed E-state index contributed by atoms with van der Waals surface area (Å²) in [4.78, 5) is 16.4. The van der Waals surface area contributed by atoms with Crippen LogP contribution in [-0.4, -0.2) is 15.9 Å². The Morgan fingerprint density at radius 2 is 1.56 bits per heavy atom. The summed E-state index contributed by atoms with van der Waals surface area (Å²) in [6.07, 6.45) is 11.1. The van der Waals surface area contributed by atoms with E-state index in [-0.39, 0.29) is 43.5 Å². The Morgan fingerprint density at radius 3 is 2.29 bits per heavy atom. The molecule has 2 aromatic heterocycles. The summed E-state index contributed by atoms with van der Waals surface area (Å²) < 4.78 is 6.48. The zero-order chi connectivity index (χ0) is 30.8. The number of aromatic nitrogens is 1. The third-order valence-electron chi connectivity index (χ3n) is 9.03. The predicted octanol–water partition coefficient (Wildman–Crippen LogP) is 11.1. The van der Waals surface area contributed by atoms with Gasteiger partial charge in [-0.1, -0.05) is 81.6 Å². The average molecular weight is 773 g/mol. The predicted molar refractivity (Wildman–Crippen MR) is 184 cm³/mol. The van der Waals surface area contributed by atoms with E-state index in [0.717, 1.165) is 64.4 Å². The van der Waals surface area contributed by atoms with Crippen LogP contribution < -0.4 is 0 Å². The van der Waals surface area contributed by atoms with Crippen LogP contribution >= 0.6 is 0 Å². The van der Waals surface area contributed by atoms with Crippen molar-refractivity contribution in [1.82, 2.24) is 4.98 Å². The number of hydrogen-bond donors (Lipinski definition) is 1. The van der Waals surface area contributed by atoms with Crippen LogP contribution in [0, 0.1) is 17.9 Å². The van der Waals surface area contributed by atoms with Gasteiger partial charge in [-0.05, 0) is 60.2 Å². The molecule has 1 aliphatic carbocycles. The van der Waals surface area contributed by atoms with Gasteiger partial charge < -0.3 is 14.5 Å². The Bertz CT molecular complexity index is 2060. The van der Waals surface area contributed by atoms with E-state index >= 15 is 0 Å². The molecule has 0 spiro atoms. The number of fused-ring (bicyclic) bond motifs is 5. The largest absolute Gasteiger partial charge is 0.512 e. The number of hydrogen-bond acceptors (Lipinski definition) is 4. The minimum absolute atomic E-state index is 0. The van der Waals surface area contributed by atoms with Crippen molar-refractivity contribution in [2.24, 2.45) is 11.8 Å². The summed E-state index contributed by atoms with van der Waals surface area (Å²) in [6, 6.07) is 26.6. The number of allylic oxidation sites excluding steroid dienone is 2. The maximum Gasteiger partial charge on any atom is 0.162 e. The molecule has 1 radical (unpaired) electrons. The van der Waals surface area contributed by atoms with Crippen molar-refractivity contribution in [3.63, 3.8) is 0 Å². The van der Waals surface area contributed by atoms with Crippen LogP contribution in [0.4, 0.5) is 0 Å². The van der Waals surface area contributed by atoms with Crippen LogP contribution in [0.25, 0.3) is 66.9 Å². The first-order chi connectivity index (χ1) is 21.5. The average Bonchev–Trinajstić information content (AvgIpc) is 3.65. The molecule has 4 nitrogen and oxygen atoms in total. The molecule has 0 aliphatic heterocycles. The van der Waals surface area contributed by atoms with Gasteiger partial charge in [0.2, 0.25) is 0 Å². The first-order valence-electron chi connectivity index (χ1n) is 15.8. The Morgan fingerprint density at radius 1 is 0.844 bits per heavy atom.